The van der Waals surface area contributed by atoms with E-state index in [2.05, 4.69) is 5.32 Å². The van der Waals surface area contributed by atoms with Crippen LogP contribution in [0.25, 0.3) is 0 Å². The molecule has 1 unspecified atom stereocenters. The molecule has 0 aliphatic carbocycles. The van der Waals surface area contributed by atoms with Crippen LogP contribution in [0.5, 0.6) is 0 Å². The van der Waals surface area contributed by atoms with Gasteiger partial charge in [0.1, 0.15) is 0 Å². The number of allylic oxidation sites excluding steroid dienone is 1. The molecule has 1 aliphatic heterocycles. The summed E-state index contributed by atoms with van der Waals surface area (Å²) in [5.41, 5.74) is 0.836. The van der Waals surface area contributed by atoms with E-state index in [9.17, 15) is 23.8 Å². The predicted molar refractivity (Wildman–Crippen MR) is 62.8 cm³/mol. The second kappa shape index (κ2) is 5.07. The van der Waals surface area contributed by atoms with Crippen molar-refractivity contribution in [1.29, 1.82) is 0 Å². The predicted octanol–water partition coefficient (Wildman–Crippen LogP) is 1.15. The topological polar surface area (TPSA) is 69.6 Å². The maximum absolute atomic E-state index is 13.2. The number of halogens is 2. The highest BCUT2D eigenvalue weighted by molar-refractivity contribution is 5.81. The highest BCUT2D eigenvalue weighted by atomic mass is 19.2. The number of benzene rings is 1. The molecule has 0 spiro atoms. The molecule has 0 radical (unpaired) electrons. The standard InChI is InChI=1S/C13H13F2NO3/c1-6-12(13(18)19)8(5-11(17)16-6)7-2-3-9(14)10(15)4-7/h2-4,8,13,18-19H,5H2,1H3,(H,16,17). The molecule has 2 rings (SSSR count). The van der Waals surface area contributed by atoms with Crippen LogP contribution in [0.2, 0.25) is 0 Å². The summed E-state index contributed by atoms with van der Waals surface area (Å²) in [7, 11) is 0. The van der Waals surface area contributed by atoms with Gasteiger partial charge in [-0.15, -0.1) is 0 Å². The summed E-state index contributed by atoms with van der Waals surface area (Å²) in [5, 5.41) is 21.2. The number of rotatable bonds is 2. The van der Waals surface area contributed by atoms with Gasteiger partial charge in [-0.3, -0.25) is 4.79 Å². The molecule has 1 heterocycles. The zero-order valence-electron chi connectivity index (χ0n) is 10.2. The molecule has 0 saturated carbocycles. The Labute approximate surface area is 108 Å². The van der Waals surface area contributed by atoms with Gasteiger partial charge in [0.25, 0.3) is 0 Å². The lowest BCUT2D eigenvalue weighted by Gasteiger charge is -2.28. The van der Waals surface area contributed by atoms with Gasteiger partial charge in [-0.1, -0.05) is 6.07 Å². The maximum Gasteiger partial charge on any atom is 0.225 e. The van der Waals surface area contributed by atoms with Crippen LogP contribution in [0.15, 0.2) is 29.5 Å². The Morgan fingerprint density at radius 1 is 1.32 bits per heavy atom. The van der Waals surface area contributed by atoms with Gasteiger partial charge < -0.3 is 15.5 Å². The molecule has 6 heteroatoms. The third-order valence-corrected chi connectivity index (χ3v) is 3.15. The molecule has 1 amide bonds. The summed E-state index contributed by atoms with van der Waals surface area (Å²) in [4.78, 5) is 11.5. The van der Waals surface area contributed by atoms with Gasteiger partial charge in [-0.05, 0) is 24.6 Å². The minimum atomic E-state index is -1.77. The molecule has 0 aromatic heterocycles. The zero-order valence-corrected chi connectivity index (χ0v) is 10.2. The van der Waals surface area contributed by atoms with Gasteiger partial charge in [-0.25, -0.2) is 8.78 Å². The first-order valence-corrected chi connectivity index (χ1v) is 5.71. The van der Waals surface area contributed by atoms with Gasteiger partial charge in [0, 0.05) is 23.6 Å². The lowest BCUT2D eigenvalue weighted by Crippen LogP contribution is -2.34. The summed E-state index contributed by atoms with van der Waals surface area (Å²) in [6.45, 7) is 1.53. The quantitative estimate of drug-likeness (QED) is 0.705. The summed E-state index contributed by atoms with van der Waals surface area (Å²) in [6.07, 6.45) is -1.81. The van der Waals surface area contributed by atoms with Crippen LogP contribution in [0.1, 0.15) is 24.8 Å². The van der Waals surface area contributed by atoms with E-state index in [1.165, 1.54) is 13.0 Å². The Hall–Kier alpha value is -1.79. The van der Waals surface area contributed by atoms with Crippen molar-refractivity contribution in [3.63, 3.8) is 0 Å². The number of carbonyl (C=O) groups excluding carboxylic acids is 1. The fourth-order valence-electron chi connectivity index (χ4n) is 2.29. The van der Waals surface area contributed by atoms with Crippen LogP contribution in [-0.4, -0.2) is 22.4 Å². The van der Waals surface area contributed by atoms with Crippen molar-refractivity contribution in [2.75, 3.05) is 0 Å². The lowest BCUT2D eigenvalue weighted by atomic mass is 9.84. The molecule has 1 aromatic rings. The van der Waals surface area contributed by atoms with Crippen molar-refractivity contribution in [2.24, 2.45) is 0 Å². The van der Waals surface area contributed by atoms with Crippen LogP contribution in [0.4, 0.5) is 8.78 Å². The molecule has 1 aliphatic rings. The van der Waals surface area contributed by atoms with Crippen molar-refractivity contribution in [3.8, 4) is 0 Å². The fraction of sp³-hybridized carbons (Fsp3) is 0.308. The number of aliphatic hydroxyl groups is 2. The molecule has 1 atom stereocenters. The normalized spacial score (nSPS) is 19.9. The monoisotopic (exact) mass is 269 g/mol. The van der Waals surface area contributed by atoms with Crippen LogP contribution < -0.4 is 5.32 Å². The molecular formula is C13H13F2NO3. The smallest absolute Gasteiger partial charge is 0.225 e. The average molecular weight is 269 g/mol. The zero-order chi connectivity index (χ0) is 14.2. The molecule has 0 fully saturated rings. The lowest BCUT2D eigenvalue weighted by molar-refractivity contribution is -0.121. The molecule has 0 saturated heterocycles. The summed E-state index contributed by atoms with van der Waals surface area (Å²) in [5.74, 6) is -3.01. The highest BCUT2D eigenvalue weighted by Crippen LogP contribution is 2.34. The Kier molecular flexibility index (Phi) is 3.64. The van der Waals surface area contributed by atoms with Crippen LogP contribution in [0, 0.1) is 11.6 Å². The van der Waals surface area contributed by atoms with E-state index in [-0.39, 0.29) is 17.9 Å². The molecule has 3 N–H and O–H groups in total. The third kappa shape index (κ3) is 2.64. The molecule has 0 bridgehead atoms. The van der Waals surface area contributed by atoms with Gasteiger partial charge in [0.15, 0.2) is 17.9 Å². The number of carbonyl (C=O) groups is 1. The van der Waals surface area contributed by atoms with E-state index in [1.54, 1.807) is 0 Å². The van der Waals surface area contributed by atoms with Gasteiger partial charge >= 0.3 is 0 Å². The third-order valence-electron chi connectivity index (χ3n) is 3.15. The number of aliphatic hydroxyl groups excluding tert-OH is 1. The minimum absolute atomic E-state index is 0.0463. The second-order valence-electron chi connectivity index (χ2n) is 4.43. The van der Waals surface area contributed by atoms with Crippen molar-refractivity contribution < 1.29 is 23.8 Å². The average Bonchev–Trinajstić information content (AvgIpc) is 2.31. The number of nitrogens with one attached hydrogen (secondary N) is 1. The number of amides is 1. The highest BCUT2D eigenvalue weighted by Gasteiger charge is 2.31. The van der Waals surface area contributed by atoms with Crippen LogP contribution >= 0.6 is 0 Å². The first kappa shape index (κ1) is 13.6. The van der Waals surface area contributed by atoms with Gasteiger partial charge in [0.05, 0.1) is 0 Å². The first-order valence-electron chi connectivity index (χ1n) is 5.71. The van der Waals surface area contributed by atoms with E-state index in [0.29, 0.717) is 11.3 Å². The van der Waals surface area contributed by atoms with E-state index < -0.39 is 23.8 Å². The molecule has 4 nitrogen and oxygen atoms in total. The molecule has 19 heavy (non-hydrogen) atoms. The van der Waals surface area contributed by atoms with E-state index in [1.807, 2.05) is 0 Å². The minimum Gasteiger partial charge on any atom is -0.364 e. The summed E-state index contributed by atoms with van der Waals surface area (Å²) < 4.78 is 26.1. The largest absolute Gasteiger partial charge is 0.364 e. The summed E-state index contributed by atoms with van der Waals surface area (Å²) in [6, 6.07) is 3.25. The van der Waals surface area contributed by atoms with E-state index in [0.717, 1.165) is 12.1 Å². The second-order valence-corrected chi connectivity index (χ2v) is 4.43. The van der Waals surface area contributed by atoms with Gasteiger partial charge in [0.2, 0.25) is 5.91 Å². The van der Waals surface area contributed by atoms with E-state index >= 15 is 0 Å². The number of hydrogen-bond donors (Lipinski definition) is 3. The number of hydrogen-bond acceptors (Lipinski definition) is 3. The Morgan fingerprint density at radius 3 is 2.58 bits per heavy atom. The Bertz CT molecular complexity index is 555. The SMILES string of the molecule is CC1=C(C(O)O)C(c2ccc(F)c(F)c2)CC(=O)N1. The maximum atomic E-state index is 13.2. The van der Waals surface area contributed by atoms with Crippen molar-refractivity contribution in [3.05, 3.63) is 46.7 Å². The van der Waals surface area contributed by atoms with Crippen molar-refractivity contribution >= 4 is 5.91 Å². The summed E-state index contributed by atoms with van der Waals surface area (Å²) >= 11 is 0. The van der Waals surface area contributed by atoms with E-state index in [4.69, 9.17) is 0 Å². The van der Waals surface area contributed by atoms with Crippen molar-refractivity contribution in [1.82, 2.24) is 5.32 Å². The fourth-order valence-corrected chi connectivity index (χ4v) is 2.29. The Balaban J connectivity index is 2.48. The first-order chi connectivity index (χ1) is 8.90. The molecular weight excluding hydrogens is 256 g/mol. The molecule has 1 aromatic carbocycles. The Morgan fingerprint density at radius 2 is 2.00 bits per heavy atom. The van der Waals surface area contributed by atoms with Crippen molar-refractivity contribution in [2.45, 2.75) is 25.6 Å². The van der Waals surface area contributed by atoms with Crippen LogP contribution in [0.3, 0.4) is 0 Å². The van der Waals surface area contributed by atoms with Gasteiger partial charge in [-0.2, -0.15) is 0 Å². The molecule has 102 valence electrons. The van der Waals surface area contributed by atoms with Crippen LogP contribution in [-0.2, 0) is 4.79 Å².